The van der Waals surface area contributed by atoms with Gasteiger partial charge in [0.05, 0.1) is 6.04 Å². The molecule has 2 aromatic carbocycles. The number of ether oxygens (including phenoxy) is 1. The minimum absolute atomic E-state index is 0.119. The molecule has 0 bridgehead atoms. The first-order valence-electron chi connectivity index (χ1n) is 12.2. The van der Waals surface area contributed by atoms with Crippen molar-refractivity contribution in [2.75, 3.05) is 39.8 Å². The van der Waals surface area contributed by atoms with E-state index in [4.69, 9.17) is 4.74 Å². The van der Waals surface area contributed by atoms with Gasteiger partial charge in [0.25, 0.3) is 6.02 Å². The van der Waals surface area contributed by atoms with Crippen molar-refractivity contribution in [3.8, 4) is 0 Å². The van der Waals surface area contributed by atoms with Gasteiger partial charge in [-0.25, -0.2) is 22.5 Å². The first-order valence-corrected chi connectivity index (χ1v) is 13.8. The maximum atomic E-state index is 14.4. The molecule has 0 aliphatic carbocycles. The van der Waals surface area contributed by atoms with Crippen LogP contribution in [0.2, 0.25) is 0 Å². The maximum absolute atomic E-state index is 14.4. The number of hydrogen-bond acceptors (Lipinski definition) is 7. The zero-order valence-corrected chi connectivity index (χ0v) is 21.8. The number of aliphatic hydroxyl groups excluding tert-OH is 1. The number of nitrogens with one attached hydrogen (secondary N) is 1. The van der Waals surface area contributed by atoms with Gasteiger partial charge in [-0.3, -0.25) is 4.90 Å². The van der Waals surface area contributed by atoms with E-state index in [-0.39, 0.29) is 24.6 Å². The number of sulfonamides is 1. The standard InChI is InChI=1S/C26H35FN4O4S/c1-26(2)24(20-10-8-19(9-11-20)18-31-15-13-30(3)14-16-31)36(33,34)29-25(35-26)28-23(12-17-32)21-6-4-5-7-22(21)27/h4-11,23-24,32H,12-18H2,1-3H3,(H,28,29). The van der Waals surface area contributed by atoms with E-state index in [1.165, 1.54) is 6.07 Å². The van der Waals surface area contributed by atoms with Gasteiger partial charge in [0.15, 0.2) is 0 Å². The first kappa shape index (κ1) is 26.5. The normalized spacial score (nSPS) is 24.1. The summed E-state index contributed by atoms with van der Waals surface area (Å²) in [6, 6.07) is 12.7. The van der Waals surface area contributed by atoms with E-state index >= 15 is 0 Å². The van der Waals surface area contributed by atoms with Gasteiger partial charge >= 0.3 is 0 Å². The third-order valence-electron chi connectivity index (χ3n) is 6.76. The van der Waals surface area contributed by atoms with Crippen molar-refractivity contribution >= 4 is 16.0 Å². The van der Waals surface area contributed by atoms with Crippen molar-refractivity contribution in [2.24, 2.45) is 4.99 Å². The zero-order valence-electron chi connectivity index (χ0n) is 21.0. The summed E-state index contributed by atoms with van der Waals surface area (Å²) in [5.74, 6) is -0.479. The number of aliphatic hydroxyl groups is 1. The number of amidine groups is 1. The van der Waals surface area contributed by atoms with E-state index in [1.807, 2.05) is 24.3 Å². The minimum Gasteiger partial charge on any atom is -0.457 e. The summed E-state index contributed by atoms with van der Waals surface area (Å²) in [4.78, 5) is 9.05. The fourth-order valence-electron chi connectivity index (χ4n) is 4.87. The largest absolute Gasteiger partial charge is 0.457 e. The lowest BCUT2D eigenvalue weighted by molar-refractivity contribution is 0.0758. The fraction of sp³-hybridized carbons (Fsp3) is 0.500. The van der Waals surface area contributed by atoms with Crippen LogP contribution in [0.4, 0.5) is 4.39 Å². The molecule has 2 unspecified atom stereocenters. The second-order valence-electron chi connectivity index (χ2n) is 10.0. The molecule has 8 nitrogen and oxygen atoms in total. The molecule has 2 aromatic rings. The molecular weight excluding hydrogens is 483 g/mol. The molecule has 2 heterocycles. The Morgan fingerprint density at radius 3 is 2.42 bits per heavy atom. The molecule has 36 heavy (non-hydrogen) atoms. The van der Waals surface area contributed by atoms with Crippen LogP contribution in [-0.4, -0.2) is 74.8 Å². The lowest BCUT2D eigenvalue weighted by Crippen LogP contribution is -2.53. The van der Waals surface area contributed by atoms with Gasteiger partial charge in [-0.2, -0.15) is 0 Å². The number of halogens is 1. The van der Waals surface area contributed by atoms with E-state index in [0.717, 1.165) is 38.3 Å². The summed E-state index contributed by atoms with van der Waals surface area (Å²) in [6.45, 7) is 8.07. The molecule has 2 N–H and O–H groups in total. The molecule has 2 aliphatic rings. The van der Waals surface area contributed by atoms with Gasteiger partial charge in [-0.1, -0.05) is 42.5 Å². The Bertz CT molecular complexity index is 1180. The average molecular weight is 519 g/mol. The smallest absolute Gasteiger partial charge is 0.299 e. The van der Waals surface area contributed by atoms with Crippen molar-refractivity contribution in [1.82, 2.24) is 14.5 Å². The van der Waals surface area contributed by atoms with Crippen molar-refractivity contribution in [3.63, 3.8) is 0 Å². The highest BCUT2D eigenvalue weighted by Crippen LogP contribution is 2.39. The van der Waals surface area contributed by atoms with Crippen molar-refractivity contribution in [1.29, 1.82) is 0 Å². The lowest BCUT2D eigenvalue weighted by Gasteiger charge is -2.39. The topological polar surface area (TPSA) is 94.5 Å². The fourth-order valence-corrected chi connectivity index (χ4v) is 6.64. The van der Waals surface area contributed by atoms with Gasteiger partial charge in [-0.15, -0.1) is 0 Å². The molecule has 0 spiro atoms. The maximum Gasteiger partial charge on any atom is 0.299 e. The Hall–Kier alpha value is -2.53. The Kier molecular flexibility index (Phi) is 7.99. The zero-order chi connectivity index (χ0) is 25.9. The van der Waals surface area contributed by atoms with Crippen LogP contribution in [0.5, 0.6) is 0 Å². The van der Waals surface area contributed by atoms with Crippen LogP contribution in [-0.2, 0) is 21.3 Å². The van der Waals surface area contributed by atoms with E-state index < -0.39 is 32.7 Å². The molecule has 196 valence electrons. The highest BCUT2D eigenvalue weighted by molar-refractivity contribution is 7.90. The van der Waals surface area contributed by atoms with Crippen molar-refractivity contribution in [2.45, 2.75) is 43.7 Å². The molecule has 0 saturated carbocycles. The minimum atomic E-state index is -3.91. The van der Waals surface area contributed by atoms with E-state index in [9.17, 15) is 17.9 Å². The molecule has 4 rings (SSSR count). The quantitative estimate of drug-likeness (QED) is 0.586. The molecule has 2 atom stereocenters. The van der Waals surface area contributed by atoms with Gasteiger partial charge in [0.2, 0.25) is 10.0 Å². The van der Waals surface area contributed by atoms with Crippen molar-refractivity contribution < 1.29 is 22.7 Å². The molecular formula is C26H35FN4O4S. The number of hydrogen-bond donors (Lipinski definition) is 2. The SMILES string of the molecule is CN1CCN(Cc2ccc(C3C(C)(C)OC(=NC(CCO)c4ccccc4F)NS3(=O)=O)cc2)CC1. The van der Waals surface area contributed by atoms with E-state index in [0.29, 0.717) is 5.56 Å². The van der Waals surface area contributed by atoms with Crippen molar-refractivity contribution in [3.05, 3.63) is 71.0 Å². The Balaban J connectivity index is 1.53. The number of rotatable bonds is 7. The van der Waals surface area contributed by atoms with Crippen LogP contribution in [0.15, 0.2) is 53.5 Å². The monoisotopic (exact) mass is 518 g/mol. The summed E-state index contributed by atoms with van der Waals surface area (Å²) >= 11 is 0. The summed E-state index contributed by atoms with van der Waals surface area (Å²) in [5, 5.41) is 8.51. The third-order valence-corrected chi connectivity index (χ3v) is 8.67. The Morgan fingerprint density at radius 2 is 1.81 bits per heavy atom. The molecule has 0 amide bonds. The molecule has 2 saturated heterocycles. The van der Waals surface area contributed by atoms with E-state index in [2.05, 4.69) is 26.6 Å². The van der Waals surface area contributed by atoms with E-state index in [1.54, 1.807) is 32.0 Å². The molecule has 2 fully saturated rings. The van der Waals surface area contributed by atoms with Crippen LogP contribution >= 0.6 is 0 Å². The molecule has 0 radical (unpaired) electrons. The molecule has 10 heteroatoms. The van der Waals surface area contributed by atoms with Crippen LogP contribution in [0, 0.1) is 5.82 Å². The highest BCUT2D eigenvalue weighted by atomic mass is 32.2. The van der Waals surface area contributed by atoms with Gasteiger partial charge < -0.3 is 14.7 Å². The first-order chi connectivity index (χ1) is 17.1. The van der Waals surface area contributed by atoms with Crippen LogP contribution in [0.25, 0.3) is 0 Å². The third kappa shape index (κ3) is 6.05. The second kappa shape index (κ2) is 10.8. The summed E-state index contributed by atoms with van der Waals surface area (Å²) in [7, 11) is -1.79. The summed E-state index contributed by atoms with van der Waals surface area (Å²) < 4.78 is 49.6. The Labute approximate surface area is 212 Å². The summed E-state index contributed by atoms with van der Waals surface area (Å²) in [6.07, 6.45) is 0.119. The number of aliphatic imine (C=N–C) groups is 1. The van der Waals surface area contributed by atoms with Crippen LogP contribution in [0.1, 0.15) is 48.3 Å². The number of nitrogens with zero attached hydrogens (tertiary/aromatic N) is 3. The predicted molar refractivity (Wildman–Crippen MR) is 137 cm³/mol. The average Bonchev–Trinajstić information content (AvgIpc) is 2.80. The van der Waals surface area contributed by atoms with Gasteiger partial charge in [0.1, 0.15) is 16.7 Å². The van der Waals surface area contributed by atoms with Crippen LogP contribution < -0.4 is 4.72 Å². The number of piperazine rings is 1. The highest BCUT2D eigenvalue weighted by Gasteiger charge is 2.48. The lowest BCUT2D eigenvalue weighted by atomic mass is 9.96. The molecule has 2 aliphatic heterocycles. The predicted octanol–water partition coefficient (Wildman–Crippen LogP) is 2.82. The number of likely N-dealkylation sites (N-methyl/N-ethyl adjacent to an activating group) is 1. The Morgan fingerprint density at radius 1 is 1.14 bits per heavy atom. The number of benzene rings is 2. The van der Waals surface area contributed by atoms with Crippen LogP contribution in [0.3, 0.4) is 0 Å². The molecule has 0 aromatic heterocycles. The van der Waals surface area contributed by atoms with Gasteiger partial charge in [-0.05, 0) is 44.5 Å². The summed E-state index contributed by atoms with van der Waals surface area (Å²) in [5.41, 5.74) is 0.871. The van der Waals surface area contributed by atoms with Gasteiger partial charge in [0, 0.05) is 44.9 Å². The second-order valence-corrected chi connectivity index (χ2v) is 11.8.